The van der Waals surface area contributed by atoms with Crippen LogP contribution in [-0.2, 0) is 20.9 Å². The van der Waals surface area contributed by atoms with E-state index >= 15 is 0 Å². The Kier molecular flexibility index (Phi) is 3.39. The van der Waals surface area contributed by atoms with Crippen molar-refractivity contribution in [3.8, 4) is 0 Å². The van der Waals surface area contributed by atoms with Crippen LogP contribution in [0.2, 0.25) is 0 Å². The van der Waals surface area contributed by atoms with Crippen molar-refractivity contribution in [1.29, 1.82) is 0 Å². The molecular weight excluding hydrogens is 272 g/mol. The molecule has 7 heteroatoms. The molecule has 108 valence electrons. The van der Waals surface area contributed by atoms with Gasteiger partial charge in [-0.2, -0.15) is 5.10 Å². The fourth-order valence-electron chi connectivity index (χ4n) is 2.27. The summed E-state index contributed by atoms with van der Waals surface area (Å²) >= 11 is 0. The number of nitrogens with one attached hydrogen (secondary N) is 1. The molecule has 2 aromatic heterocycles. The van der Waals surface area contributed by atoms with Gasteiger partial charge >= 0.3 is 0 Å². The normalized spacial score (nSPS) is 15.0. The van der Waals surface area contributed by atoms with Crippen LogP contribution in [0.15, 0.2) is 30.5 Å². The Labute approximate surface area is 120 Å². The van der Waals surface area contributed by atoms with Gasteiger partial charge in [0.2, 0.25) is 17.7 Å². The lowest BCUT2D eigenvalue weighted by Gasteiger charge is -2.12. The third-order valence-electron chi connectivity index (χ3n) is 3.34. The number of nitrogens with zero attached hydrogens (tertiary/aromatic N) is 3. The highest BCUT2D eigenvalue weighted by molar-refractivity contribution is 6.04. The highest BCUT2D eigenvalue weighted by Gasteiger charge is 2.30. The van der Waals surface area contributed by atoms with Crippen LogP contribution < -0.4 is 5.32 Å². The van der Waals surface area contributed by atoms with Gasteiger partial charge in [0.1, 0.15) is 6.54 Å². The number of amides is 3. The van der Waals surface area contributed by atoms with Gasteiger partial charge in [-0.15, -0.1) is 0 Å². The summed E-state index contributed by atoms with van der Waals surface area (Å²) in [4.78, 5) is 35.6. The minimum Gasteiger partial charge on any atom is -0.349 e. The van der Waals surface area contributed by atoms with Gasteiger partial charge in [0.25, 0.3) is 0 Å². The Balaban J connectivity index is 1.58. The molecule has 0 radical (unpaired) electrons. The van der Waals surface area contributed by atoms with Crippen molar-refractivity contribution in [3.05, 3.63) is 36.2 Å². The van der Waals surface area contributed by atoms with Crippen LogP contribution in [0.3, 0.4) is 0 Å². The Bertz CT molecular complexity index is 673. The van der Waals surface area contributed by atoms with Gasteiger partial charge in [0.15, 0.2) is 0 Å². The van der Waals surface area contributed by atoms with E-state index in [1.165, 1.54) is 0 Å². The molecule has 1 fully saturated rings. The maximum atomic E-state index is 11.8. The molecule has 3 heterocycles. The van der Waals surface area contributed by atoms with E-state index in [4.69, 9.17) is 0 Å². The highest BCUT2D eigenvalue weighted by atomic mass is 16.2. The molecule has 0 aromatic carbocycles. The molecule has 3 rings (SSSR count). The number of aromatic nitrogens is 2. The van der Waals surface area contributed by atoms with Crippen molar-refractivity contribution in [1.82, 2.24) is 19.8 Å². The van der Waals surface area contributed by atoms with E-state index in [0.717, 1.165) is 10.4 Å². The molecule has 0 spiro atoms. The maximum absolute atomic E-state index is 11.8. The van der Waals surface area contributed by atoms with Gasteiger partial charge in [-0.25, -0.2) is 4.52 Å². The Morgan fingerprint density at radius 1 is 1.24 bits per heavy atom. The second-order valence-electron chi connectivity index (χ2n) is 4.86. The summed E-state index contributed by atoms with van der Waals surface area (Å²) in [6, 6.07) is 7.56. The van der Waals surface area contributed by atoms with Crippen molar-refractivity contribution in [2.24, 2.45) is 0 Å². The van der Waals surface area contributed by atoms with E-state index in [2.05, 4.69) is 10.4 Å². The lowest BCUT2D eigenvalue weighted by molar-refractivity contribution is -0.142. The number of carbonyl (C=O) groups excluding carboxylic acids is 3. The first kappa shape index (κ1) is 13.3. The minimum absolute atomic E-state index is 0.193. The fraction of sp³-hybridized carbons (Fsp3) is 0.286. The Hall–Kier alpha value is -2.70. The predicted molar refractivity (Wildman–Crippen MR) is 73.0 cm³/mol. The van der Waals surface area contributed by atoms with E-state index in [-0.39, 0.29) is 43.7 Å². The monoisotopic (exact) mass is 286 g/mol. The standard InChI is InChI=1S/C14H14N4O3/c19-12(9-17-13(20)4-5-14(17)21)15-8-10-7-11-3-1-2-6-18(11)16-10/h1-3,6-7H,4-5,8-9H2,(H,15,19). The number of likely N-dealkylation sites (tertiary alicyclic amines) is 1. The topological polar surface area (TPSA) is 83.8 Å². The van der Waals surface area contributed by atoms with Crippen LogP contribution >= 0.6 is 0 Å². The molecule has 0 bridgehead atoms. The SMILES string of the molecule is O=C(CN1C(=O)CCC1=O)NCc1cc2ccccn2n1. The Morgan fingerprint density at radius 2 is 2.00 bits per heavy atom. The van der Waals surface area contributed by atoms with Crippen molar-refractivity contribution in [2.45, 2.75) is 19.4 Å². The summed E-state index contributed by atoms with van der Waals surface area (Å²) in [6.45, 7) is 0.0434. The summed E-state index contributed by atoms with van der Waals surface area (Å²) in [7, 11) is 0. The summed E-state index contributed by atoms with van der Waals surface area (Å²) in [5.74, 6) is -0.943. The van der Waals surface area contributed by atoms with Gasteiger partial charge < -0.3 is 5.32 Å². The molecule has 1 saturated heterocycles. The van der Waals surface area contributed by atoms with Crippen molar-refractivity contribution in [2.75, 3.05) is 6.54 Å². The molecule has 0 atom stereocenters. The number of fused-ring (bicyclic) bond motifs is 1. The maximum Gasteiger partial charge on any atom is 0.240 e. The predicted octanol–water partition coefficient (Wildman–Crippen LogP) is 0.0995. The minimum atomic E-state index is -0.365. The van der Waals surface area contributed by atoms with Crippen LogP contribution in [0.5, 0.6) is 0 Å². The highest BCUT2D eigenvalue weighted by Crippen LogP contribution is 2.11. The molecule has 3 amide bonds. The summed E-state index contributed by atoms with van der Waals surface area (Å²) in [5.41, 5.74) is 1.65. The van der Waals surface area contributed by atoms with Crippen LogP contribution in [0.25, 0.3) is 5.52 Å². The van der Waals surface area contributed by atoms with Gasteiger partial charge in [0.05, 0.1) is 17.8 Å². The zero-order chi connectivity index (χ0) is 14.8. The second kappa shape index (κ2) is 5.35. The number of carbonyl (C=O) groups is 3. The fourth-order valence-corrected chi connectivity index (χ4v) is 2.27. The van der Waals surface area contributed by atoms with E-state index in [9.17, 15) is 14.4 Å². The number of hydrogen-bond donors (Lipinski definition) is 1. The number of rotatable bonds is 4. The molecular formula is C14H14N4O3. The third-order valence-corrected chi connectivity index (χ3v) is 3.34. The van der Waals surface area contributed by atoms with Crippen LogP contribution in [0.1, 0.15) is 18.5 Å². The number of hydrogen-bond acceptors (Lipinski definition) is 4. The molecule has 0 unspecified atom stereocenters. The van der Waals surface area contributed by atoms with Crippen LogP contribution in [-0.4, -0.2) is 38.8 Å². The molecule has 21 heavy (non-hydrogen) atoms. The van der Waals surface area contributed by atoms with E-state index in [1.54, 1.807) is 4.52 Å². The van der Waals surface area contributed by atoms with Crippen molar-refractivity contribution >= 4 is 23.2 Å². The van der Waals surface area contributed by atoms with Crippen LogP contribution in [0, 0.1) is 0 Å². The lowest BCUT2D eigenvalue weighted by Crippen LogP contribution is -2.39. The average Bonchev–Trinajstić information content (AvgIpc) is 3.03. The van der Waals surface area contributed by atoms with Crippen LogP contribution in [0.4, 0.5) is 0 Å². The lowest BCUT2D eigenvalue weighted by atomic mass is 10.3. The average molecular weight is 286 g/mol. The zero-order valence-electron chi connectivity index (χ0n) is 11.3. The largest absolute Gasteiger partial charge is 0.349 e. The first-order valence-corrected chi connectivity index (χ1v) is 6.67. The quantitative estimate of drug-likeness (QED) is 0.808. The van der Waals surface area contributed by atoms with E-state index in [0.29, 0.717) is 5.69 Å². The Morgan fingerprint density at radius 3 is 2.71 bits per heavy atom. The molecule has 0 saturated carbocycles. The second-order valence-corrected chi connectivity index (χ2v) is 4.86. The summed E-state index contributed by atoms with van der Waals surface area (Å²) in [6.07, 6.45) is 2.21. The molecule has 1 aliphatic rings. The van der Waals surface area contributed by atoms with Crippen molar-refractivity contribution < 1.29 is 14.4 Å². The summed E-state index contributed by atoms with van der Waals surface area (Å²) < 4.78 is 1.72. The van der Waals surface area contributed by atoms with Gasteiger partial charge in [0, 0.05) is 19.0 Å². The molecule has 0 aliphatic carbocycles. The molecule has 1 aliphatic heterocycles. The number of imide groups is 1. The smallest absolute Gasteiger partial charge is 0.240 e. The molecule has 2 aromatic rings. The van der Waals surface area contributed by atoms with E-state index in [1.807, 2.05) is 30.5 Å². The third kappa shape index (κ3) is 2.76. The van der Waals surface area contributed by atoms with Gasteiger partial charge in [-0.1, -0.05) is 6.07 Å². The van der Waals surface area contributed by atoms with Gasteiger partial charge in [-0.3, -0.25) is 19.3 Å². The number of pyridine rings is 1. The molecule has 7 nitrogen and oxygen atoms in total. The zero-order valence-corrected chi connectivity index (χ0v) is 11.3. The summed E-state index contributed by atoms with van der Waals surface area (Å²) in [5, 5.41) is 6.97. The van der Waals surface area contributed by atoms with Crippen molar-refractivity contribution in [3.63, 3.8) is 0 Å². The molecule has 1 N–H and O–H groups in total. The first-order valence-electron chi connectivity index (χ1n) is 6.67. The van der Waals surface area contributed by atoms with E-state index < -0.39 is 0 Å². The first-order chi connectivity index (χ1) is 10.1. The van der Waals surface area contributed by atoms with Gasteiger partial charge in [-0.05, 0) is 18.2 Å².